The van der Waals surface area contributed by atoms with E-state index in [0.29, 0.717) is 30.6 Å². The number of sulfonamides is 1. The summed E-state index contributed by atoms with van der Waals surface area (Å²) in [4.78, 5) is 3.34. The molecule has 0 spiro atoms. The molecule has 0 aliphatic rings. The fraction of sp³-hybridized carbons (Fsp3) is 0.714. The third kappa shape index (κ3) is 5.03. The maximum Gasteiger partial charge on any atom is 0.244 e. The standard InChI is InChI=1S/C14H27N3O2S2/c1-11(2)15-9-13-14(12(3)10-20-13)21(18,19)17(6)8-7-16(4)5/h10-11,15H,7-9H2,1-6H3. The van der Waals surface area contributed by atoms with Crippen molar-refractivity contribution in [1.82, 2.24) is 14.5 Å². The lowest BCUT2D eigenvalue weighted by molar-refractivity contribution is 0.358. The minimum atomic E-state index is -3.42. The lowest BCUT2D eigenvalue weighted by Gasteiger charge is -2.20. The van der Waals surface area contributed by atoms with E-state index < -0.39 is 10.0 Å². The van der Waals surface area contributed by atoms with Crippen molar-refractivity contribution in [3.8, 4) is 0 Å². The Labute approximate surface area is 133 Å². The number of hydrogen-bond donors (Lipinski definition) is 1. The van der Waals surface area contributed by atoms with E-state index in [2.05, 4.69) is 19.2 Å². The maximum absolute atomic E-state index is 12.8. The molecule has 122 valence electrons. The van der Waals surface area contributed by atoms with Gasteiger partial charge in [0.25, 0.3) is 0 Å². The van der Waals surface area contributed by atoms with Gasteiger partial charge in [-0.25, -0.2) is 8.42 Å². The average molecular weight is 334 g/mol. The second-order valence-corrected chi connectivity index (χ2v) is 8.78. The monoisotopic (exact) mass is 333 g/mol. The molecule has 7 heteroatoms. The average Bonchev–Trinajstić information content (AvgIpc) is 2.75. The van der Waals surface area contributed by atoms with Crippen LogP contribution in [0.2, 0.25) is 0 Å². The van der Waals surface area contributed by atoms with Crippen LogP contribution in [0.1, 0.15) is 24.3 Å². The number of thiophene rings is 1. The van der Waals surface area contributed by atoms with Crippen molar-refractivity contribution in [3.63, 3.8) is 0 Å². The first-order valence-corrected chi connectivity index (χ1v) is 9.39. The molecule has 1 heterocycles. The quantitative estimate of drug-likeness (QED) is 0.787. The van der Waals surface area contributed by atoms with Gasteiger partial charge in [-0.2, -0.15) is 4.31 Å². The first kappa shape index (κ1) is 18.6. The zero-order chi connectivity index (χ0) is 16.2. The molecule has 0 aliphatic heterocycles. The molecule has 0 amide bonds. The number of hydrogen-bond acceptors (Lipinski definition) is 5. The van der Waals surface area contributed by atoms with Crippen LogP contribution in [0.15, 0.2) is 10.3 Å². The van der Waals surface area contributed by atoms with Crippen LogP contribution >= 0.6 is 11.3 Å². The van der Waals surface area contributed by atoms with Crippen LogP contribution in [0.3, 0.4) is 0 Å². The summed E-state index contributed by atoms with van der Waals surface area (Å²) < 4.78 is 27.0. The molecule has 0 aliphatic carbocycles. The SMILES string of the molecule is Cc1csc(CNC(C)C)c1S(=O)(=O)N(C)CCN(C)C. The van der Waals surface area contributed by atoms with Gasteiger partial charge in [0, 0.05) is 37.6 Å². The van der Waals surface area contributed by atoms with Gasteiger partial charge in [0.05, 0.1) is 0 Å². The summed E-state index contributed by atoms with van der Waals surface area (Å²) >= 11 is 1.51. The second kappa shape index (κ2) is 7.69. The number of nitrogens with one attached hydrogen (secondary N) is 1. The van der Waals surface area contributed by atoms with Gasteiger partial charge in [0.15, 0.2) is 0 Å². The van der Waals surface area contributed by atoms with E-state index in [9.17, 15) is 8.42 Å². The Morgan fingerprint density at radius 3 is 2.38 bits per heavy atom. The number of aryl methyl sites for hydroxylation is 1. The Balaban J connectivity index is 2.99. The Hall–Kier alpha value is -0.470. The van der Waals surface area contributed by atoms with Gasteiger partial charge in [-0.3, -0.25) is 0 Å². The number of likely N-dealkylation sites (N-methyl/N-ethyl adjacent to an activating group) is 2. The number of rotatable bonds is 8. The van der Waals surface area contributed by atoms with Crippen LogP contribution in [-0.4, -0.2) is 57.9 Å². The molecule has 21 heavy (non-hydrogen) atoms. The largest absolute Gasteiger partial charge is 0.310 e. The molecule has 1 aromatic rings. The summed E-state index contributed by atoms with van der Waals surface area (Å²) in [5, 5.41) is 5.22. The molecule has 1 aromatic heterocycles. The fourth-order valence-electron chi connectivity index (χ4n) is 1.87. The molecule has 0 atom stereocenters. The van der Waals surface area contributed by atoms with Gasteiger partial charge in [0.2, 0.25) is 10.0 Å². The molecule has 1 rings (SSSR count). The zero-order valence-corrected chi connectivity index (χ0v) is 15.4. The summed E-state index contributed by atoms with van der Waals surface area (Å²) in [6, 6.07) is 0.328. The normalized spacial score (nSPS) is 12.8. The smallest absolute Gasteiger partial charge is 0.244 e. The maximum atomic E-state index is 12.8. The van der Waals surface area contributed by atoms with Gasteiger partial charge in [0.1, 0.15) is 4.90 Å². The van der Waals surface area contributed by atoms with E-state index in [1.165, 1.54) is 15.6 Å². The molecule has 0 aromatic carbocycles. The van der Waals surface area contributed by atoms with Crippen molar-refractivity contribution in [2.24, 2.45) is 0 Å². The highest BCUT2D eigenvalue weighted by molar-refractivity contribution is 7.89. The summed E-state index contributed by atoms with van der Waals surface area (Å²) in [7, 11) is 2.10. The van der Waals surface area contributed by atoms with Crippen LogP contribution in [-0.2, 0) is 16.6 Å². The van der Waals surface area contributed by atoms with E-state index in [-0.39, 0.29) is 0 Å². The molecule has 0 unspecified atom stereocenters. The summed E-state index contributed by atoms with van der Waals surface area (Å²) in [6.45, 7) is 7.75. The lowest BCUT2D eigenvalue weighted by Crippen LogP contribution is -2.34. The minimum Gasteiger partial charge on any atom is -0.310 e. The highest BCUT2D eigenvalue weighted by atomic mass is 32.2. The van der Waals surface area contributed by atoms with Crippen molar-refractivity contribution in [1.29, 1.82) is 0 Å². The summed E-state index contributed by atoms with van der Waals surface area (Å²) in [6.07, 6.45) is 0. The van der Waals surface area contributed by atoms with E-state index >= 15 is 0 Å². The van der Waals surface area contributed by atoms with Crippen molar-refractivity contribution in [2.75, 3.05) is 34.2 Å². The van der Waals surface area contributed by atoms with E-state index in [1.54, 1.807) is 7.05 Å². The van der Waals surface area contributed by atoms with Gasteiger partial charge in [-0.1, -0.05) is 13.8 Å². The van der Waals surface area contributed by atoms with Crippen LogP contribution in [0, 0.1) is 6.92 Å². The summed E-state index contributed by atoms with van der Waals surface area (Å²) in [5.74, 6) is 0. The highest BCUT2D eigenvalue weighted by Crippen LogP contribution is 2.29. The van der Waals surface area contributed by atoms with Gasteiger partial charge < -0.3 is 10.2 Å². The minimum absolute atomic E-state index is 0.328. The molecule has 0 saturated heterocycles. The van der Waals surface area contributed by atoms with Crippen molar-refractivity contribution < 1.29 is 8.42 Å². The molecule has 0 radical (unpaired) electrons. The summed E-state index contributed by atoms with van der Waals surface area (Å²) in [5.41, 5.74) is 0.831. The van der Waals surface area contributed by atoms with Gasteiger partial charge in [-0.05, 0) is 32.0 Å². The van der Waals surface area contributed by atoms with E-state index in [4.69, 9.17) is 0 Å². The van der Waals surface area contributed by atoms with Gasteiger partial charge in [-0.15, -0.1) is 11.3 Å². The third-order valence-electron chi connectivity index (χ3n) is 3.19. The second-order valence-electron chi connectivity index (χ2n) is 5.84. The molecule has 0 saturated carbocycles. The van der Waals surface area contributed by atoms with Crippen LogP contribution in [0.25, 0.3) is 0 Å². The first-order valence-electron chi connectivity index (χ1n) is 7.07. The van der Waals surface area contributed by atoms with Crippen molar-refractivity contribution >= 4 is 21.4 Å². The molecular weight excluding hydrogens is 306 g/mol. The van der Waals surface area contributed by atoms with Crippen LogP contribution < -0.4 is 5.32 Å². The fourth-order valence-corrected chi connectivity index (χ4v) is 4.74. The first-order chi connectivity index (χ1) is 9.66. The van der Waals surface area contributed by atoms with E-state index in [1.807, 2.05) is 31.3 Å². The van der Waals surface area contributed by atoms with Crippen molar-refractivity contribution in [2.45, 2.75) is 38.3 Å². The lowest BCUT2D eigenvalue weighted by atomic mass is 10.3. The highest BCUT2D eigenvalue weighted by Gasteiger charge is 2.27. The van der Waals surface area contributed by atoms with Gasteiger partial charge >= 0.3 is 0 Å². The van der Waals surface area contributed by atoms with Crippen molar-refractivity contribution in [3.05, 3.63) is 15.8 Å². The molecular formula is C14H27N3O2S2. The topological polar surface area (TPSA) is 52.7 Å². The third-order valence-corrected chi connectivity index (χ3v) is 6.51. The predicted octanol–water partition coefficient (Wildman–Crippen LogP) is 1.74. The van der Waals surface area contributed by atoms with Crippen LogP contribution in [0.4, 0.5) is 0 Å². The Morgan fingerprint density at radius 1 is 1.24 bits per heavy atom. The molecule has 0 bridgehead atoms. The Bertz CT molecular complexity index is 551. The number of nitrogens with zero attached hydrogens (tertiary/aromatic N) is 2. The van der Waals surface area contributed by atoms with E-state index in [0.717, 1.165) is 10.4 Å². The Kier molecular flexibility index (Phi) is 6.80. The molecule has 0 fully saturated rings. The van der Waals surface area contributed by atoms with Crippen LogP contribution in [0.5, 0.6) is 0 Å². The Morgan fingerprint density at radius 2 is 1.86 bits per heavy atom. The zero-order valence-electron chi connectivity index (χ0n) is 13.8. The molecule has 5 nitrogen and oxygen atoms in total. The predicted molar refractivity (Wildman–Crippen MR) is 89.4 cm³/mol. The molecule has 1 N–H and O–H groups in total.